The predicted octanol–water partition coefficient (Wildman–Crippen LogP) is -0.464. The second-order valence-corrected chi connectivity index (χ2v) is 6.25. The zero-order valence-corrected chi connectivity index (χ0v) is 12.3. The zero-order chi connectivity index (χ0) is 15.3. The van der Waals surface area contributed by atoms with Crippen molar-refractivity contribution in [2.75, 3.05) is 19.6 Å². The van der Waals surface area contributed by atoms with E-state index in [0.717, 1.165) is 32.5 Å². The average molecular weight is 301 g/mol. The van der Waals surface area contributed by atoms with Gasteiger partial charge in [-0.3, -0.25) is 18.7 Å². The summed E-state index contributed by atoms with van der Waals surface area (Å²) < 4.78 is 3.41. The monoisotopic (exact) mass is 301 g/mol. The molecule has 1 atom stereocenters. The van der Waals surface area contributed by atoms with E-state index in [1.165, 1.54) is 12.3 Å². The van der Waals surface area contributed by atoms with Gasteiger partial charge in [-0.05, 0) is 32.0 Å². The highest BCUT2D eigenvalue weighted by Gasteiger charge is 2.29. The van der Waals surface area contributed by atoms with E-state index in [4.69, 9.17) is 5.73 Å². The van der Waals surface area contributed by atoms with E-state index in [1.807, 2.05) is 0 Å². The van der Waals surface area contributed by atoms with Crippen LogP contribution in [0, 0.1) is 0 Å². The van der Waals surface area contributed by atoms with Gasteiger partial charge in [0.15, 0.2) is 0 Å². The summed E-state index contributed by atoms with van der Waals surface area (Å²) in [6.45, 7) is 3.21. The molecule has 22 heavy (non-hydrogen) atoms. The Morgan fingerprint density at radius 2 is 1.95 bits per heavy atom. The molecule has 7 heteroatoms. The lowest BCUT2D eigenvalue weighted by atomic mass is 10.1. The summed E-state index contributed by atoms with van der Waals surface area (Å²) in [5, 5.41) is 0. The van der Waals surface area contributed by atoms with Crippen molar-refractivity contribution in [2.45, 2.75) is 31.5 Å². The SMILES string of the molecule is NC1CCN(CC2Cn3c(=O)cnc4ccc(=O)n2c43)CC1. The van der Waals surface area contributed by atoms with Crippen LogP contribution in [0.4, 0.5) is 0 Å². The van der Waals surface area contributed by atoms with Gasteiger partial charge in [-0.2, -0.15) is 0 Å². The maximum absolute atomic E-state index is 12.3. The molecule has 2 aliphatic heterocycles. The minimum atomic E-state index is -0.144. The van der Waals surface area contributed by atoms with Crippen LogP contribution < -0.4 is 16.9 Å². The van der Waals surface area contributed by atoms with Crippen molar-refractivity contribution >= 4 is 11.2 Å². The van der Waals surface area contributed by atoms with Crippen LogP contribution in [-0.2, 0) is 6.54 Å². The average Bonchev–Trinajstić information content (AvgIpc) is 2.89. The second kappa shape index (κ2) is 5.03. The van der Waals surface area contributed by atoms with Gasteiger partial charge in [0.05, 0.1) is 12.2 Å². The topological polar surface area (TPSA) is 86.2 Å². The van der Waals surface area contributed by atoms with Crippen molar-refractivity contribution in [1.82, 2.24) is 19.0 Å². The van der Waals surface area contributed by atoms with Gasteiger partial charge < -0.3 is 10.6 Å². The molecule has 0 bridgehead atoms. The normalized spacial score (nSPS) is 22.5. The Labute approximate surface area is 127 Å². The Morgan fingerprint density at radius 1 is 1.18 bits per heavy atom. The van der Waals surface area contributed by atoms with Crippen molar-refractivity contribution in [3.63, 3.8) is 0 Å². The molecular formula is C15H19N5O2. The van der Waals surface area contributed by atoms with Crippen molar-refractivity contribution in [1.29, 1.82) is 0 Å². The first-order chi connectivity index (χ1) is 10.6. The zero-order valence-electron chi connectivity index (χ0n) is 12.3. The van der Waals surface area contributed by atoms with Gasteiger partial charge in [-0.1, -0.05) is 0 Å². The van der Waals surface area contributed by atoms with E-state index in [9.17, 15) is 9.59 Å². The van der Waals surface area contributed by atoms with Crippen molar-refractivity contribution in [3.8, 4) is 0 Å². The number of nitrogens with zero attached hydrogens (tertiary/aromatic N) is 4. The fourth-order valence-electron chi connectivity index (χ4n) is 3.60. The lowest BCUT2D eigenvalue weighted by Crippen LogP contribution is -2.43. The Bertz CT molecular complexity index is 827. The number of pyridine rings is 1. The van der Waals surface area contributed by atoms with E-state index in [2.05, 4.69) is 9.88 Å². The molecule has 2 aromatic rings. The maximum Gasteiger partial charge on any atom is 0.270 e. The van der Waals surface area contributed by atoms with Gasteiger partial charge in [0.2, 0.25) is 0 Å². The van der Waals surface area contributed by atoms with Crippen LogP contribution in [-0.4, -0.2) is 44.7 Å². The van der Waals surface area contributed by atoms with Crippen molar-refractivity contribution in [2.24, 2.45) is 5.73 Å². The van der Waals surface area contributed by atoms with E-state index in [1.54, 1.807) is 15.2 Å². The lowest BCUT2D eigenvalue weighted by molar-refractivity contribution is 0.183. The Balaban J connectivity index is 1.71. The molecule has 0 saturated carbocycles. The largest absolute Gasteiger partial charge is 0.328 e. The molecular weight excluding hydrogens is 282 g/mol. The fraction of sp³-hybridized carbons (Fsp3) is 0.533. The highest BCUT2D eigenvalue weighted by molar-refractivity contribution is 5.71. The Hall–Kier alpha value is -1.99. The lowest BCUT2D eigenvalue weighted by Gasteiger charge is -2.32. The molecule has 1 unspecified atom stereocenters. The molecule has 0 spiro atoms. The summed E-state index contributed by atoms with van der Waals surface area (Å²) in [5.41, 5.74) is 7.08. The third kappa shape index (κ3) is 2.08. The Morgan fingerprint density at radius 3 is 2.73 bits per heavy atom. The molecule has 1 saturated heterocycles. The molecule has 2 aliphatic rings. The van der Waals surface area contributed by atoms with E-state index < -0.39 is 0 Å². The van der Waals surface area contributed by atoms with Crippen LogP contribution in [0.1, 0.15) is 18.9 Å². The summed E-state index contributed by atoms with van der Waals surface area (Å²) in [4.78, 5) is 30.8. The first-order valence-electron chi connectivity index (χ1n) is 7.72. The van der Waals surface area contributed by atoms with Crippen molar-refractivity contribution in [3.05, 3.63) is 39.0 Å². The van der Waals surface area contributed by atoms with Crippen LogP contribution in [0.5, 0.6) is 0 Å². The van der Waals surface area contributed by atoms with Gasteiger partial charge in [0.25, 0.3) is 11.1 Å². The maximum atomic E-state index is 12.3. The molecule has 2 aromatic heterocycles. The first kappa shape index (κ1) is 13.7. The van der Waals surface area contributed by atoms with Crippen molar-refractivity contribution < 1.29 is 0 Å². The number of hydrogen-bond donors (Lipinski definition) is 1. The molecule has 4 heterocycles. The summed E-state index contributed by atoms with van der Waals surface area (Å²) in [7, 11) is 0. The molecule has 116 valence electrons. The molecule has 7 nitrogen and oxygen atoms in total. The molecule has 0 radical (unpaired) electrons. The van der Waals surface area contributed by atoms with E-state index in [0.29, 0.717) is 17.7 Å². The summed E-state index contributed by atoms with van der Waals surface area (Å²) in [6, 6.07) is 3.50. The van der Waals surface area contributed by atoms with Gasteiger partial charge in [0.1, 0.15) is 11.2 Å². The Kier molecular flexibility index (Phi) is 3.12. The summed E-state index contributed by atoms with van der Waals surface area (Å²) in [5.74, 6) is 0. The smallest absolute Gasteiger partial charge is 0.270 e. The molecule has 0 aromatic carbocycles. The molecule has 0 aliphatic carbocycles. The fourth-order valence-corrected chi connectivity index (χ4v) is 3.60. The summed E-state index contributed by atoms with van der Waals surface area (Å²) >= 11 is 0. The van der Waals surface area contributed by atoms with Gasteiger partial charge in [-0.15, -0.1) is 0 Å². The third-order valence-electron chi connectivity index (χ3n) is 4.77. The number of hydrogen-bond acceptors (Lipinski definition) is 5. The highest BCUT2D eigenvalue weighted by atomic mass is 16.1. The van der Waals surface area contributed by atoms with Gasteiger partial charge >= 0.3 is 0 Å². The molecule has 1 fully saturated rings. The van der Waals surface area contributed by atoms with Crippen LogP contribution in [0.2, 0.25) is 0 Å². The number of likely N-dealkylation sites (tertiary alicyclic amines) is 1. The molecule has 2 N–H and O–H groups in total. The van der Waals surface area contributed by atoms with Gasteiger partial charge in [0, 0.05) is 25.2 Å². The number of rotatable bonds is 2. The van der Waals surface area contributed by atoms with Crippen LogP contribution >= 0.6 is 0 Å². The number of piperidine rings is 1. The quantitative estimate of drug-likeness (QED) is 0.811. The second-order valence-electron chi connectivity index (χ2n) is 6.25. The first-order valence-corrected chi connectivity index (χ1v) is 7.72. The third-order valence-corrected chi connectivity index (χ3v) is 4.77. The standard InChI is InChI=1S/C15H19N5O2/c16-10-3-5-18(6-4-10)8-11-9-19-14(22)7-17-12-1-2-13(21)20(11)15(12)19/h1-2,7,10-11H,3-6,8-9,16H2. The van der Waals surface area contributed by atoms with Crippen LogP contribution in [0.25, 0.3) is 11.2 Å². The van der Waals surface area contributed by atoms with Gasteiger partial charge in [-0.25, -0.2) is 4.98 Å². The number of nitrogens with two attached hydrogens (primary N) is 1. The van der Waals surface area contributed by atoms with E-state index in [-0.39, 0.29) is 23.2 Å². The predicted molar refractivity (Wildman–Crippen MR) is 82.9 cm³/mol. The molecule has 4 rings (SSSR count). The van der Waals surface area contributed by atoms with E-state index >= 15 is 0 Å². The summed E-state index contributed by atoms with van der Waals surface area (Å²) in [6.07, 6.45) is 3.31. The van der Waals surface area contributed by atoms with Crippen LogP contribution in [0.15, 0.2) is 27.9 Å². The minimum absolute atomic E-state index is 0.0116. The highest BCUT2D eigenvalue weighted by Crippen LogP contribution is 2.23. The van der Waals surface area contributed by atoms with Crippen LogP contribution in [0.3, 0.4) is 0 Å². The molecule has 0 amide bonds. The minimum Gasteiger partial charge on any atom is -0.328 e. The number of aromatic nitrogens is 3.